The standard InChI is InChI=1S/C13H17ClN4/c1-3-6-18-13(16-9-17-18)8-15-12-7-11(14)5-4-10(12)2/h4-5,7,9,15H,3,6,8H2,1-2H3. The highest BCUT2D eigenvalue weighted by Gasteiger charge is 2.04. The van der Waals surface area contributed by atoms with E-state index >= 15 is 0 Å². The van der Waals surface area contributed by atoms with Gasteiger partial charge in [0.15, 0.2) is 0 Å². The smallest absolute Gasteiger partial charge is 0.146 e. The van der Waals surface area contributed by atoms with Crippen molar-refractivity contribution in [3.05, 3.63) is 40.9 Å². The molecule has 2 rings (SSSR count). The predicted octanol–water partition coefficient (Wildman–Crippen LogP) is 3.26. The quantitative estimate of drug-likeness (QED) is 0.901. The molecule has 1 N–H and O–H groups in total. The summed E-state index contributed by atoms with van der Waals surface area (Å²) in [5.41, 5.74) is 2.20. The molecular weight excluding hydrogens is 248 g/mol. The number of anilines is 1. The van der Waals surface area contributed by atoms with Crippen LogP contribution in [0.25, 0.3) is 0 Å². The molecule has 2 aromatic rings. The van der Waals surface area contributed by atoms with E-state index in [1.165, 1.54) is 5.56 Å². The maximum absolute atomic E-state index is 5.99. The average molecular weight is 265 g/mol. The zero-order valence-electron chi connectivity index (χ0n) is 10.7. The van der Waals surface area contributed by atoms with Crippen LogP contribution in [-0.2, 0) is 13.1 Å². The lowest BCUT2D eigenvalue weighted by Crippen LogP contribution is -2.10. The second kappa shape index (κ2) is 5.87. The molecule has 0 bridgehead atoms. The van der Waals surface area contributed by atoms with Crippen molar-refractivity contribution in [2.75, 3.05) is 5.32 Å². The van der Waals surface area contributed by atoms with Crippen molar-refractivity contribution in [1.82, 2.24) is 14.8 Å². The van der Waals surface area contributed by atoms with Gasteiger partial charge in [0.1, 0.15) is 12.2 Å². The second-order valence-electron chi connectivity index (χ2n) is 4.21. The van der Waals surface area contributed by atoms with Crippen molar-refractivity contribution in [3.8, 4) is 0 Å². The number of benzene rings is 1. The molecule has 0 fully saturated rings. The van der Waals surface area contributed by atoms with Crippen LogP contribution in [-0.4, -0.2) is 14.8 Å². The van der Waals surface area contributed by atoms with Crippen molar-refractivity contribution in [1.29, 1.82) is 0 Å². The minimum absolute atomic E-state index is 0.654. The first-order valence-electron chi connectivity index (χ1n) is 6.07. The molecule has 0 aliphatic rings. The summed E-state index contributed by atoms with van der Waals surface area (Å²) < 4.78 is 1.92. The number of aryl methyl sites for hydroxylation is 2. The number of hydrogen-bond acceptors (Lipinski definition) is 3. The highest BCUT2D eigenvalue weighted by atomic mass is 35.5. The maximum atomic E-state index is 5.99. The summed E-state index contributed by atoms with van der Waals surface area (Å²) in [5, 5.41) is 8.28. The largest absolute Gasteiger partial charge is 0.377 e. The molecule has 4 nitrogen and oxygen atoms in total. The Bertz CT molecular complexity index is 521. The summed E-state index contributed by atoms with van der Waals surface area (Å²) in [6.07, 6.45) is 2.64. The molecule has 0 spiro atoms. The van der Waals surface area contributed by atoms with Crippen LogP contribution in [0.15, 0.2) is 24.5 Å². The number of hydrogen-bond donors (Lipinski definition) is 1. The van der Waals surface area contributed by atoms with Gasteiger partial charge >= 0.3 is 0 Å². The Balaban J connectivity index is 2.06. The topological polar surface area (TPSA) is 42.7 Å². The fourth-order valence-electron chi connectivity index (χ4n) is 1.78. The lowest BCUT2D eigenvalue weighted by atomic mass is 10.2. The molecule has 0 aliphatic carbocycles. The number of halogens is 1. The molecule has 1 aromatic carbocycles. The molecule has 0 saturated carbocycles. The molecule has 5 heteroatoms. The lowest BCUT2D eigenvalue weighted by Gasteiger charge is -2.10. The molecule has 0 unspecified atom stereocenters. The van der Waals surface area contributed by atoms with Gasteiger partial charge in [0.25, 0.3) is 0 Å². The fraction of sp³-hybridized carbons (Fsp3) is 0.385. The van der Waals surface area contributed by atoms with Crippen LogP contribution in [0.4, 0.5) is 5.69 Å². The van der Waals surface area contributed by atoms with Crippen LogP contribution in [0.3, 0.4) is 0 Å². The first-order chi connectivity index (χ1) is 8.70. The summed E-state index contributed by atoms with van der Waals surface area (Å²) >= 11 is 5.99. The van der Waals surface area contributed by atoms with E-state index in [2.05, 4.69) is 29.2 Å². The van der Waals surface area contributed by atoms with Gasteiger partial charge in [0.05, 0.1) is 6.54 Å². The molecule has 0 aliphatic heterocycles. The molecule has 0 atom stereocenters. The van der Waals surface area contributed by atoms with Gasteiger partial charge in [-0.3, -0.25) is 0 Å². The van der Waals surface area contributed by atoms with E-state index in [-0.39, 0.29) is 0 Å². The Labute approximate surface area is 112 Å². The van der Waals surface area contributed by atoms with Crippen LogP contribution in [0.2, 0.25) is 5.02 Å². The highest BCUT2D eigenvalue weighted by Crippen LogP contribution is 2.20. The number of nitrogens with one attached hydrogen (secondary N) is 1. The number of nitrogens with zero attached hydrogens (tertiary/aromatic N) is 3. The van der Waals surface area contributed by atoms with E-state index in [0.717, 1.165) is 29.5 Å². The Kier molecular flexibility index (Phi) is 4.20. The van der Waals surface area contributed by atoms with Gasteiger partial charge in [-0.05, 0) is 31.0 Å². The first-order valence-corrected chi connectivity index (χ1v) is 6.45. The third-order valence-electron chi connectivity index (χ3n) is 2.77. The van der Waals surface area contributed by atoms with Gasteiger partial charge < -0.3 is 5.32 Å². The van der Waals surface area contributed by atoms with Gasteiger partial charge in [-0.1, -0.05) is 24.6 Å². The fourth-order valence-corrected chi connectivity index (χ4v) is 1.95. The third kappa shape index (κ3) is 3.01. The normalized spacial score (nSPS) is 10.6. The van der Waals surface area contributed by atoms with E-state index in [4.69, 9.17) is 11.6 Å². The minimum Gasteiger partial charge on any atom is -0.377 e. The molecule has 0 saturated heterocycles. The number of rotatable bonds is 5. The first kappa shape index (κ1) is 12.9. The Morgan fingerprint density at radius 1 is 1.39 bits per heavy atom. The molecule has 18 heavy (non-hydrogen) atoms. The van der Waals surface area contributed by atoms with Crippen molar-refractivity contribution in [2.45, 2.75) is 33.4 Å². The minimum atomic E-state index is 0.654. The van der Waals surface area contributed by atoms with Crippen LogP contribution >= 0.6 is 11.6 Å². The summed E-state index contributed by atoms with van der Waals surface area (Å²) in [7, 11) is 0. The van der Waals surface area contributed by atoms with E-state index in [0.29, 0.717) is 6.54 Å². The average Bonchev–Trinajstić information content (AvgIpc) is 2.78. The number of aromatic nitrogens is 3. The van der Waals surface area contributed by atoms with Crippen molar-refractivity contribution in [2.24, 2.45) is 0 Å². The molecule has 0 amide bonds. The van der Waals surface area contributed by atoms with E-state index in [1.54, 1.807) is 6.33 Å². The van der Waals surface area contributed by atoms with Gasteiger partial charge in [-0.2, -0.15) is 5.10 Å². The van der Waals surface area contributed by atoms with Crippen LogP contribution in [0.5, 0.6) is 0 Å². The van der Waals surface area contributed by atoms with Crippen LogP contribution in [0, 0.1) is 6.92 Å². The maximum Gasteiger partial charge on any atom is 0.146 e. The van der Waals surface area contributed by atoms with E-state index in [1.807, 2.05) is 22.9 Å². The highest BCUT2D eigenvalue weighted by molar-refractivity contribution is 6.30. The summed E-state index contributed by atoms with van der Waals surface area (Å²) in [6, 6.07) is 5.82. The van der Waals surface area contributed by atoms with Crippen LogP contribution in [0.1, 0.15) is 24.7 Å². The Morgan fingerprint density at radius 2 is 2.22 bits per heavy atom. The SMILES string of the molecule is CCCn1ncnc1CNc1cc(Cl)ccc1C. The summed E-state index contributed by atoms with van der Waals surface area (Å²) in [5.74, 6) is 0.941. The Morgan fingerprint density at radius 3 is 3.00 bits per heavy atom. The molecular formula is C13H17ClN4. The lowest BCUT2D eigenvalue weighted by molar-refractivity contribution is 0.574. The monoisotopic (exact) mass is 264 g/mol. The van der Waals surface area contributed by atoms with E-state index < -0.39 is 0 Å². The van der Waals surface area contributed by atoms with Gasteiger partial charge in [-0.15, -0.1) is 0 Å². The summed E-state index contributed by atoms with van der Waals surface area (Å²) in [4.78, 5) is 4.26. The summed E-state index contributed by atoms with van der Waals surface area (Å²) in [6.45, 7) is 5.72. The zero-order valence-corrected chi connectivity index (χ0v) is 11.4. The molecule has 1 heterocycles. The van der Waals surface area contributed by atoms with Crippen molar-refractivity contribution < 1.29 is 0 Å². The second-order valence-corrected chi connectivity index (χ2v) is 4.65. The van der Waals surface area contributed by atoms with E-state index in [9.17, 15) is 0 Å². The van der Waals surface area contributed by atoms with Gasteiger partial charge in [0, 0.05) is 17.3 Å². The van der Waals surface area contributed by atoms with Crippen molar-refractivity contribution in [3.63, 3.8) is 0 Å². The predicted molar refractivity (Wildman–Crippen MR) is 73.8 cm³/mol. The van der Waals surface area contributed by atoms with Crippen molar-refractivity contribution >= 4 is 17.3 Å². The zero-order chi connectivity index (χ0) is 13.0. The Hall–Kier alpha value is -1.55. The molecule has 1 aromatic heterocycles. The third-order valence-corrected chi connectivity index (χ3v) is 3.00. The van der Waals surface area contributed by atoms with Gasteiger partial charge in [0.2, 0.25) is 0 Å². The van der Waals surface area contributed by atoms with Gasteiger partial charge in [-0.25, -0.2) is 9.67 Å². The molecule has 96 valence electrons. The molecule has 0 radical (unpaired) electrons. The van der Waals surface area contributed by atoms with Crippen LogP contribution < -0.4 is 5.32 Å².